The molecule has 6 nitrogen and oxygen atoms in total. The van der Waals surface area contributed by atoms with Gasteiger partial charge in [0.2, 0.25) is 11.8 Å². The van der Waals surface area contributed by atoms with Gasteiger partial charge >= 0.3 is 0 Å². The molecule has 2 saturated heterocycles. The zero-order chi connectivity index (χ0) is 15.7. The number of carbonyl (C=O) groups excluding carboxylic acids is 1. The number of hydrogen-bond acceptors (Lipinski definition) is 6. The second-order valence-electron chi connectivity index (χ2n) is 6.94. The van der Waals surface area contributed by atoms with Crippen molar-refractivity contribution in [1.29, 1.82) is 0 Å². The van der Waals surface area contributed by atoms with Crippen LogP contribution in [0.3, 0.4) is 0 Å². The lowest BCUT2D eigenvalue weighted by molar-refractivity contribution is -0.132. The van der Waals surface area contributed by atoms with Crippen molar-refractivity contribution in [3.8, 4) is 0 Å². The molecule has 1 amide bonds. The lowest BCUT2D eigenvalue weighted by atomic mass is 9.97. The third-order valence-electron chi connectivity index (χ3n) is 4.17. The zero-order valence-electron chi connectivity index (χ0n) is 13.5. The van der Waals surface area contributed by atoms with Crippen molar-refractivity contribution in [3.63, 3.8) is 0 Å². The number of nitrogens with zero attached hydrogens (tertiary/aromatic N) is 4. The summed E-state index contributed by atoms with van der Waals surface area (Å²) in [5, 5.41) is 4.11. The fourth-order valence-electron chi connectivity index (χ4n) is 2.89. The summed E-state index contributed by atoms with van der Waals surface area (Å²) in [5.74, 6) is 3.48. The number of amides is 1. The molecule has 1 aromatic heterocycles. The molecule has 0 N–H and O–H groups in total. The summed E-state index contributed by atoms with van der Waals surface area (Å²) in [6.07, 6.45) is 1.88. The first-order valence-electron chi connectivity index (χ1n) is 7.94. The molecule has 3 heterocycles. The topological polar surface area (TPSA) is 62.5 Å². The Hall–Kier alpha value is -1.24. The molecule has 0 radical (unpaired) electrons. The monoisotopic (exact) mass is 324 g/mol. The van der Waals surface area contributed by atoms with E-state index in [9.17, 15) is 4.79 Å². The molecule has 2 aliphatic heterocycles. The normalized spacial score (nSPS) is 23.1. The second kappa shape index (κ2) is 6.10. The largest absolute Gasteiger partial charge is 0.339 e. The van der Waals surface area contributed by atoms with Crippen LogP contribution in [0.25, 0.3) is 0 Å². The first-order chi connectivity index (χ1) is 10.5. The van der Waals surface area contributed by atoms with Gasteiger partial charge in [-0.2, -0.15) is 16.7 Å². The molecular formula is C15H24N4O2S. The quantitative estimate of drug-likeness (QED) is 0.828. The van der Waals surface area contributed by atoms with Gasteiger partial charge in [0.15, 0.2) is 0 Å². The summed E-state index contributed by atoms with van der Waals surface area (Å²) in [7, 11) is 0. The number of carbonyl (C=O) groups is 1. The lowest BCUT2D eigenvalue weighted by Crippen LogP contribution is -2.48. The predicted octanol–water partition coefficient (Wildman–Crippen LogP) is 1.91. The van der Waals surface area contributed by atoms with Crippen molar-refractivity contribution in [1.82, 2.24) is 15.0 Å². The van der Waals surface area contributed by atoms with E-state index in [1.165, 1.54) is 0 Å². The number of thioether (sulfide) groups is 1. The van der Waals surface area contributed by atoms with E-state index in [0.29, 0.717) is 11.8 Å². The summed E-state index contributed by atoms with van der Waals surface area (Å²) in [6.45, 7) is 8.66. The Bertz CT molecular complexity index is 534. The molecule has 0 aliphatic carbocycles. The van der Waals surface area contributed by atoms with Gasteiger partial charge in [-0.05, 0) is 18.0 Å². The molecule has 0 unspecified atom stereocenters. The number of rotatable bonds is 2. The van der Waals surface area contributed by atoms with E-state index in [1.54, 1.807) is 0 Å². The molecule has 0 aromatic carbocycles. The first-order valence-corrected chi connectivity index (χ1v) is 9.09. The fraction of sp³-hybridized carbons (Fsp3) is 0.800. The van der Waals surface area contributed by atoms with Gasteiger partial charge in [0, 0.05) is 36.6 Å². The maximum Gasteiger partial charge on any atom is 0.266 e. The van der Waals surface area contributed by atoms with E-state index in [-0.39, 0.29) is 17.4 Å². The molecule has 1 atom stereocenters. The highest BCUT2D eigenvalue weighted by molar-refractivity contribution is 7.99. The maximum absolute atomic E-state index is 12.8. The minimum atomic E-state index is -0.172. The van der Waals surface area contributed by atoms with Crippen LogP contribution in [0.5, 0.6) is 0 Å². The van der Waals surface area contributed by atoms with Crippen LogP contribution in [-0.2, 0) is 10.2 Å². The highest BCUT2D eigenvalue weighted by Crippen LogP contribution is 2.28. The van der Waals surface area contributed by atoms with Crippen LogP contribution in [0.4, 0.5) is 5.95 Å². The Labute approximate surface area is 135 Å². The third kappa shape index (κ3) is 3.09. The third-order valence-corrected chi connectivity index (χ3v) is 5.12. The van der Waals surface area contributed by atoms with Gasteiger partial charge in [-0.25, -0.2) is 0 Å². The highest BCUT2D eigenvalue weighted by Gasteiger charge is 2.37. The summed E-state index contributed by atoms with van der Waals surface area (Å²) in [6, 6.07) is -0.131. The van der Waals surface area contributed by atoms with Crippen LogP contribution in [-0.4, -0.2) is 58.1 Å². The molecular weight excluding hydrogens is 300 g/mol. The Morgan fingerprint density at radius 2 is 2.00 bits per heavy atom. The zero-order valence-corrected chi connectivity index (χ0v) is 14.4. The van der Waals surface area contributed by atoms with Gasteiger partial charge in [0.25, 0.3) is 5.95 Å². The van der Waals surface area contributed by atoms with Crippen molar-refractivity contribution >= 4 is 23.6 Å². The SMILES string of the molecule is CC(C)(C)c1nc(N2CCC[C@H]2C(=O)N2CCSCC2)no1. The predicted molar refractivity (Wildman–Crippen MR) is 87.3 cm³/mol. The van der Waals surface area contributed by atoms with E-state index in [4.69, 9.17) is 4.52 Å². The van der Waals surface area contributed by atoms with Crippen LogP contribution in [0, 0.1) is 0 Å². The Morgan fingerprint density at radius 1 is 1.27 bits per heavy atom. The minimum Gasteiger partial charge on any atom is -0.339 e. The number of hydrogen-bond donors (Lipinski definition) is 0. The van der Waals surface area contributed by atoms with E-state index in [0.717, 1.165) is 44.0 Å². The van der Waals surface area contributed by atoms with Crippen LogP contribution < -0.4 is 4.90 Å². The van der Waals surface area contributed by atoms with Crippen LogP contribution in [0.2, 0.25) is 0 Å². The Morgan fingerprint density at radius 3 is 2.64 bits per heavy atom. The molecule has 0 bridgehead atoms. The molecule has 22 heavy (non-hydrogen) atoms. The first kappa shape index (κ1) is 15.6. The Balaban J connectivity index is 1.75. The van der Waals surface area contributed by atoms with Crippen molar-refractivity contribution in [3.05, 3.63) is 5.89 Å². The van der Waals surface area contributed by atoms with Gasteiger partial charge in [0.05, 0.1) is 0 Å². The van der Waals surface area contributed by atoms with Gasteiger partial charge in [-0.3, -0.25) is 4.79 Å². The summed E-state index contributed by atoms with van der Waals surface area (Å²) < 4.78 is 5.38. The smallest absolute Gasteiger partial charge is 0.266 e. The van der Waals surface area contributed by atoms with Gasteiger partial charge < -0.3 is 14.3 Å². The van der Waals surface area contributed by atoms with Crippen LogP contribution in [0.15, 0.2) is 4.52 Å². The average Bonchev–Trinajstić information content (AvgIpc) is 3.15. The van der Waals surface area contributed by atoms with Gasteiger partial charge in [0.1, 0.15) is 6.04 Å². The van der Waals surface area contributed by atoms with Gasteiger partial charge in [-0.15, -0.1) is 0 Å². The average molecular weight is 324 g/mol. The number of aromatic nitrogens is 2. The van der Waals surface area contributed by atoms with E-state index in [2.05, 4.69) is 10.1 Å². The molecule has 1 aromatic rings. The van der Waals surface area contributed by atoms with Crippen molar-refractivity contribution in [2.45, 2.75) is 45.1 Å². The second-order valence-corrected chi connectivity index (χ2v) is 8.16. The standard InChI is InChI=1S/C15H24N4O2S/c1-15(2,3)13-16-14(17-21-13)19-6-4-5-11(19)12(20)18-7-9-22-10-8-18/h11H,4-10H2,1-3H3/t11-/m0/s1. The molecule has 0 saturated carbocycles. The highest BCUT2D eigenvalue weighted by atomic mass is 32.2. The van der Waals surface area contributed by atoms with Gasteiger partial charge in [-0.1, -0.05) is 20.8 Å². The van der Waals surface area contributed by atoms with Crippen LogP contribution in [0.1, 0.15) is 39.5 Å². The fourth-order valence-corrected chi connectivity index (χ4v) is 3.80. The van der Waals surface area contributed by atoms with E-state index < -0.39 is 0 Å². The van der Waals surface area contributed by atoms with Crippen molar-refractivity contribution in [2.75, 3.05) is 36.0 Å². The molecule has 0 spiro atoms. The molecule has 7 heteroatoms. The molecule has 2 fully saturated rings. The number of anilines is 1. The van der Waals surface area contributed by atoms with E-state index in [1.807, 2.05) is 42.3 Å². The van der Waals surface area contributed by atoms with E-state index >= 15 is 0 Å². The van der Waals surface area contributed by atoms with Crippen molar-refractivity contribution < 1.29 is 9.32 Å². The lowest BCUT2D eigenvalue weighted by Gasteiger charge is -2.31. The van der Waals surface area contributed by atoms with Crippen molar-refractivity contribution in [2.24, 2.45) is 0 Å². The summed E-state index contributed by atoms with van der Waals surface area (Å²) >= 11 is 1.91. The summed E-state index contributed by atoms with van der Waals surface area (Å²) in [4.78, 5) is 21.3. The summed E-state index contributed by atoms with van der Waals surface area (Å²) in [5.41, 5.74) is -0.172. The Kier molecular flexibility index (Phi) is 4.34. The molecule has 3 rings (SSSR count). The van der Waals surface area contributed by atoms with Crippen LogP contribution >= 0.6 is 11.8 Å². The maximum atomic E-state index is 12.8. The minimum absolute atomic E-state index is 0.131. The molecule has 2 aliphatic rings. The molecule has 122 valence electrons.